The lowest BCUT2D eigenvalue weighted by molar-refractivity contribution is -0.122. The maximum atomic E-state index is 9.03. The molecule has 2 aromatic carbocycles. The molecule has 3 rings (SSSR count). The lowest BCUT2D eigenvalue weighted by Gasteiger charge is -2.39. The van der Waals surface area contributed by atoms with Crippen molar-refractivity contribution in [1.29, 1.82) is 0 Å². The lowest BCUT2D eigenvalue weighted by atomic mass is 10.0. The summed E-state index contributed by atoms with van der Waals surface area (Å²) in [6.07, 6.45) is -0.264. The Morgan fingerprint density at radius 3 is 2.55 bits per heavy atom. The van der Waals surface area contributed by atoms with Crippen molar-refractivity contribution in [3.05, 3.63) is 86.6 Å². The molecule has 0 radical (unpaired) electrons. The van der Waals surface area contributed by atoms with Crippen molar-refractivity contribution in [1.82, 2.24) is 0 Å². The molecular formula is C20H22N6O2S. The molecule has 0 aliphatic carbocycles. The second-order valence-electron chi connectivity index (χ2n) is 6.73. The summed E-state index contributed by atoms with van der Waals surface area (Å²) in [5.74, 6) is 0. The number of nitrogens with zero attached hydrogens (tertiary/aromatic N) is 6. The normalized spacial score (nSPS) is 23.6. The van der Waals surface area contributed by atoms with Crippen LogP contribution >= 0.6 is 11.8 Å². The quantitative estimate of drug-likeness (QED) is 0.312. The number of hydrogen-bond acceptors (Lipinski definition) is 5. The topological polar surface area (TPSA) is 116 Å². The van der Waals surface area contributed by atoms with Crippen LogP contribution in [0.3, 0.4) is 0 Å². The van der Waals surface area contributed by atoms with Crippen LogP contribution in [-0.2, 0) is 16.1 Å². The highest BCUT2D eigenvalue weighted by atomic mass is 32.2. The Kier molecular flexibility index (Phi) is 7.81. The van der Waals surface area contributed by atoms with Crippen molar-refractivity contribution >= 4 is 11.8 Å². The fourth-order valence-corrected chi connectivity index (χ4v) is 4.19. The van der Waals surface area contributed by atoms with E-state index in [2.05, 4.69) is 20.1 Å². The SMILES string of the molecule is Cc1ccc(S[C@@H]2O[C@H](CN=[N+]=[N-])[C@@H](OCc3ccccc3)C[C@H]2N=[N+]=[N-])cc1. The minimum absolute atomic E-state index is 0.157. The van der Waals surface area contributed by atoms with Crippen LogP contribution in [0.15, 0.2) is 69.7 Å². The molecule has 8 nitrogen and oxygen atoms in total. The van der Waals surface area contributed by atoms with Crippen molar-refractivity contribution in [2.24, 2.45) is 10.2 Å². The first-order chi connectivity index (χ1) is 14.2. The van der Waals surface area contributed by atoms with E-state index in [0.29, 0.717) is 13.0 Å². The fraction of sp³-hybridized carbons (Fsp3) is 0.400. The second-order valence-corrected chi connectivity index (χ2v) is 7.90. The predicted octanol–water partition coefficient (Wildman–Crippen LogP) is 5.78. The number of ether oxygens (including phenoxy) is 2. The number of rotatable bonds is 8. The van der Waals surface area contributed by atoms with Gasteiger partial charge in [-0.05, 0) is 42.1 Å². The van der Waals surface area contributed by atoms with Gasteiger partial charge in [0.2, 0.25) is 0 Å². The summed E-state index contributed by atoms with van der Waals surface area (Å²) < 4.78 is 12.3. The molecule has 1 aliphatic heterocycles. The predicted molar refractivity (Wildman–Crippen MR) is 112 cm³/mol. The first kappa shape index (κ1) is 21.0. The molecule has 0 N–H and O–H groups in total. The summed E-state index contributed by atoms with van der Waals surface area (Å²) >= 11 is 1.50. The fourth-order valence-electron chi connectivity index (χ4n) is 3.11. The van der Waals surface area contributed by atoms with Crippen molar-refractivity contribution in [2.75, 3.05) is 6.54 Å². The minimum Gasteiger partial charge on any atom is -0.371 e. The van der Waals surface area contributed by atoms with Crippen LogP contribution < -0.4 is 0 Å². The molecule has 29 heavy (non-hydrogen) atoms. The van der Waals surface area contributed by atoms with Crippen molar-refractivity contribution in [2.45, 2.75) is 48.5 Å². The monoisotopic (exact) mass is 410 g/mol. The van der Waals surface area contributed by atoms with Crippen molar-refractivity contribution < 1.29 is 9.47 Å². The van der Waals surface area contributed by atoms with Crippen LogP contribution in [0.25, 0.3) is 20.9 Å². The van der Waals surface area contributed by atoms with Gasteiger partial charge in [-0.1, -0.05) is 70.0 Å². The van der Waals surface area contributed by atoms with E-state index in [1.54, 1.807) is 0 Å². The Morgan fingerprint density at radius 2 is 1.86 bits per heavy atom. The van der Waals surface area contributed by atoms with Gasteiger partial charge in [-0.2, -0.15) is 0 Å². The van der Waals surface area contributed by atoms with Crippen LogP contribution in [0.5, 0.6) is 0 Å². The van der Waals surface area contributed by atoms with Gasteiger partial charge >= 0.3 is 0 Å². The Balaban J connectivity index is 1.74. The molecule has 0 saturated carbocycles. The maximum Gasteiger partial charge on any atom is 0.116 e. The zero-order valence-electron chi connectivity index (χ0n) is 16.0. The summed E-state index contributed by atoms with van der Waals surface area (Å²) in [6, 6.07) is 17.5. The Labute approximate surface area is 173 Å². The zero-order chi connectivity index (χ0) is 20.5. The van der Waals surface area contributed by atoms with E-state index in [4.69, 9.17) is 20.5 Å². The third-order valence-electron chi connectivity index (χ3n) is 4.62. The van der Waals surface area contributed by atoms with Gasteiger partial charge in [-0.3, -0.25) is 0 Å². The molecule has 1 heterocycles. The largest absolute Gasteiger partial charge is 0.371 e. The van der Waals surface area contributed by atoms with Crippen molar-refractivity contribution in [3.63, 3.8) is 0 Å². The molecule has 1 saturated heterocycles. The minimum atomic E-state index is -0.414. The second kappa shape index (κ2) is 10.8. The molecule has 1 aliphatic rings. The number of hydrogen-bond donors (Lipinski definition) is 0. The lowest BCUT2D eigenvalue weighted by Crippen LogP contribution is -2.47. The van der Waals surface area contributed by atoms with Crippen LogP contribution in [0.1, 0.15) is 17.5 Å². The van der Waals surface area contributed by atoms with E-state index in [0.717, 1.165) is 10.5 Å². The van der Waals surface area contributed by atoms with Gasteiger partial charge in [0.25, 0.3) is 0 Å². The molecule has 2 aromatic rings. The number of aryl methyl sites for hydroxylation is 1. The maximum absolute atomic E-state index is 9.03. The summed E-state index contributed by atoms with van der Waals surface area (Å²) in [5.41, 5.74) is 19.6. The highest BCUT2D eigenvalue weighted by Gasteiger charge is 2.38. The Bertz CT molecular complexity index is 882. The van der Waals surface area contributed by atoms with Gasteiger partial charge in [0.15, 0.2) is 0 Å². The Morgan fingerprint density at radius 1 is 1.10 bits per heavy atom. The number of benzene rings is 2. The molecule has 0 unspecified atom stereocenters. The van der Waals surface area contributed by atoms with E-state index in [1.165, 1.54) is 17.3 Å². The number of thioether (sulfide) groups is 1. The molecule has 0 bridgehead atoms. The van der Waals surface area contributed by atoms with Crippen LogP contribution in [0, 0.1) is 6.92 Å². The molecule has 0 aromatic heterocycles. The van der Waals surface area contributed by atoms with Crippen LogP contribution in [0.4, 0.5) is 0 Å². The van der Waals surface area contributed by atoms with Crippen LogP contribution in [0.2, 0.25) is 0 Å². The Hall–Kier alpha value is -2.67. The molecule has 0 amide bonds. The standard InChI is InChI=1S/C20H22N6O2S/c1-14-7-9-16(10-8-14)29-20-17(24-26-22)11-18(19(28-20)12-23-25-21)27-13-15-5-3-2-4-6-15/h2-10,17-20H,11-13H2,1H3/t17-,18+,19-,20+/m1/s1. The molecular weight excluding hydrogens is 388 g/mol. The average Bonchev–Trinajstić information content (AvgIpc) is 2.75. The summed E-state index contributed by atoms with van der Waals surface area (Å²) in [7, 11) is 0. The van der Waals surface area contributed by atoms with E-state index in [1.807, 2.05) is 61.5 Å². The van der Waals surface area contributed by atoms with Gasteiger partial charge in [0.1, 0.15) is 5.44 Å². The summed E-state index contributed by atoms with van der Waals surface area (Å²) in [6.45, 7) is 2.59. The molecule has 4 atom stereocenters. The van der Waals surface area contributed by atoms with Gasteiger partial charge < -0.3 is 9.47 Å². The third-order valence-corrected chi connectivity index (χ3v) is 5.82. The smallest absolute Gasteiger partial charge is 0.116 e. The average molecular weight is 411 g/mol. The van der Waals surface area contributed by atoms with Gasteiger partial charge in [-0.15, -0.1) is 0 Å². The van der Waals surface area contributed by atoms with Crippen LogP contribution in [-0.4, -0.2) is 30.2 Å². The zero-order valence-corrected chi connectivity index (χ0v) is 16.9. The highest BCUT2D eigenvalue weighted by molar-refractivity contribution is 7.99. The van der Waals surface area contributed by atoms with Crippen molar-refractivity contribution in [3.8, 4) is 0 Å². The first-order valence-electron chi connectivity index (χ1n) is 9.29. The third kappa shape index (κ3) is 6.15. The molecule has 150 valence electrons. The molecule has 0 spiro atoms. The van der Waals surface area contributed by atoms with E-state index in [9.17, 15) is 0 Å². The highest BCUT2D eigenvalue weighted by Crippen LogP contribution is 2.36. The van der Waals surface area contributed by atoms with E-state index >= 15 is 0 Å². The van der Waals surface area contributed by atoms with Gasteiger partial charge in [-0.25, -0.2) is 0 Å². The summed E-state index contributed by atoms with van der Waals surface area (Å²) in [5, 5.41) is 7.64. The molecule has 1 fully saturated rings. The van der Waals surface area contributed by atoms with Gasteiger partial charge in [0.05, 0.1) is 31.4 Å². The van der Waals surface area contributed by atoms with Gasteiger partial charge in [0, 0.05) is 14.7 Å². The molecule has 9 heteroatoms. The van der Waals surface area contributed by atoms with E-state index < -0.39 is 12.1 Å². The first-order valence-corrected chi connectivity index (χ1v) is 10.2. The summed E-state index contributed by atoms with van der Waals surface area (Å²) in [4.78, 5) is 6.88. The van der Waals surface area contributed by atoms with E-state index in [-0.39, 0.29) is 18.1 Å². The number of azide groups is 2.